The smallest absolute Gasteiger partial charge is 0.248 e. The number of nitriles is 1. The molecule has 0 radical (unpaired) electrons. The summed E-state index contributed by atoms with van der Waals surface area (Å²) in [6.45, 7) is 5.32. The molecule has 1 spiro atoms. The summed E-state index contributed by atoms with van der Waals surface area (Å²) in [6.07, 6.45) is 0.940. The number of hydrogen-bond donors (Lipinski definition) is 1. The van der Waals surface area contributed by atoms with Crippen LogP contribution >= 0.6 is 0 Å². The number of nitrogens with zero attached hydrogens (tertiary/aromatic N) is 3. The summed E-state index contributed by atoms with van der Waals surface area (Å²) in [4.78, 5) is 18.9. The van der Waals surface area contributed by atoms with Gasteiger partial charge in [0, 0.05) is 38.1 Å². The number of aromatic amines is 1. The largest absolute Gasteiger partial charge is 0.362 e. The van der Waals surface area contributed by atoms with E-state index in [0.29, 0.717) is 12.1 Å². The third-order valence-corrected chi connectivity index (χ3v) is 4.43. The Labute approximate surface area is 124 Å². The highest BCUT2D eigenvalue weighted by Gasteiger charge is 2.44. The van der Waals surface area contributed by atoms with Crippen LogP contribution in [-0.2, 0) is 16.1 Å². The van der Waals surface area contributed by atoms with Crippen molar-refractivity contribution in [2.24, 2.45) is 0 Å². The first-order valence-electron chi connectivity index (χ1n) is 7.20. The van der Waals surface area contributed by atoms with Crippen LogP contribution in [0.15, 0.2) is 6.07 Å². The number of aromatic nitrogens is 1. The van der Waals surface area contributed by atoms with E-state index < -0.39 is 0 Å². The van der Waals surface area contributed by atoms with E-state index in [9.17, 15) is 4.79 Å². The summed E-state index contributed by atoms with van der Waals surface area (Å²) < 4.78 is 5.83. The molecule has 2 aliphatic rings. The Kier molecular flexibility index (Phi) is 3.47. The molecule has 0 aliphatic carbocycles. The third-order valence-electron chi connectivity index (χ3n) is 4.43. The zero-order valence-corrected chi connectivity index (χ0v) is 12.5. The minimum Gasteiger partial charge on any atom is -0.362 e. The number of ether oxygens (including phenoxy) is 1. The van der Waals surface area contributed by atoms with E-state index in [0.717, 1.165) is 37.4 Å². The second-order valence-electron chi connectivity index (χ2n) is 6.13. The van der Waals surface area contributed by atoms with E-state index in [1.54, 1.807) is 4.90 Å². The first-order chi connectivity index (χ1) is 10.0. The minimum atomic E-state index is -0.220. The third kappa shape index (κ3) is 2.67. The summed E-state index contributed by atoms with van der Waals surface area (Å²) >= 11 is 0. The lowest BCUT2D eigenvalue weighted by molar-refractivity contribution is -0.159. The van der Waals surface area contributed by atoms with Gasteiger partial charge in [-0.3, -0.25) is 9.69 Å². The van der Waals surface area contributed by atoms with Crippen molar-refractivity contribution < 1.29 is 9.53 Å². The molecule has 6 nitrogen and oxygen atoms in total. The molecule has 2 aliphatic heterocycles. The maximum atomic E-state index is 11.5. The number of amides is 1. The fourth-order valence-corrected chi connectivity index (χ4v) is 3.27. The molecule has 1 amide bonds. The monoisotopic (exact) mass is 288 g/mol. The van der Waals surface area contributed by atoms with Crippen molar-refractivity contribution in [3.63, 3.8) is 0 Å². The fourth-order valence-electron chi connectivity index (χ4n) is 3.27. The van der Waals surface area contributed by atoms with Gasteiger partial charge in [-0.25, -0.2) is 0 Å². The number of hydrogen-bond acceptors (Lipinski definition) is 4. The minimum absolute atomic E-state index is 0.0535. The second kappa shape index (κ2) is 5.17. The molecule has 2 fully saturated rings. The van der Waals surface area contributed by atoms with Crippen molar-refractivity contribution in [2.45, 2.75) is 25.5 Å². The van der Waals surface area contributed by atoms with E-state index in [-0.39, 0.29) is 18.1 Å². The molecule has 21 heavy (non-hydrogen) atoms. The summed E-state index contributed by atoms with van der Waals surface area (Å²) in [5.74, 6) is 0.0535. The van der Waals surface area contributed by atoms with Gasteiger partial charge in [0.15, 0.2) is 0 Å². The maximum Gasteiger partial charge on any atom is 0.248 e. The van der Waals surface area contributed by atoms with Crippen LogP contribution in [0.4, 0.5) is 0 Å². The van der Waals surface area contributed by atoms with Crippen molar-refractivity contribution in [1.82, 2.24) is 14.8 Å². The van der Waals surface area contributed by atoms with Gasteiger partial charge in [-0.15, -0.1) is 0 Å². The van der Waals surface area contributed by atoms with Crippen LogP contribution in [0, 0.1) is 18.3 Å². The lowest BCUT2D eigenvalue weighted by Crippen LogP contribution is -2.54. The van der Waals surface area contributed by atoms with Gasteiger partial charge in [-0.2, -0.15) is 5.26 Å². The number of likely N-dealkylation sites (tertiary alicyclic amines) is 1. The van der Waals surface area contributed by atoms with E-state index in [1.165, 1.54) is 0 Å². The quantitative estimate of drug-likeness (QED) is 0.866. The van der Waals surface area contributed by atoms with Crippen LogP contribution in [0.5, 0.6) is 0 Å². The van der Waals surface area contributed by atoms with Gasteiger partial charge < -0.3 is 14.6 Å². The number of morpholine rings is 1. The molecule has 1 atom stereocenters. The second-order valence-corrected chi connectivity index (χ2v) is 6.13. The molecule has 1 N–H and O–H groups in total. The van der Waals surface area contributed by atoms with Gasteiger partial charge in [0.05, 0.1) is 12.1 Å². The van der Waals surface area contributed by atoms with Crippen molar-refractivity contribution in [3.05, 3.63) is 23.0 Å². The standard InChI is InChI=1S/C15H20N4O2/c1-11-12(6-16)5-13(17-11)7-19-4-3-15(10-19)9-18(2)14(20)8-21-15/h5,17H,3-4,7-10H2,1-2H3/t15-/m0/s1. The first kappa shape index (κ1) is 14.1. The summed E-state index contributed by atoms with van der Waals surface area (Å²) in [6, 6.07) is 4.10. The lowest BCUT2D eigenvalue weighted by Gasteiger charge is -2.38. The Morgan fingerprint density at radius 2 is 2.33 bits per heavy atom. The van der Waals surface area contributed by atoms with Gasteiger partial charge >= 0.3 is 0 Å². The van der Waals surface area contributed by atoms with Crippen LogP contribution in [-0.4, -0.2) is 59.6 Å². The van der Waals surface area contributed by atoms with E-state index >= 15 is 0 Å². The van der Waals surface area contributed by atoms with E-state index in [2.05, 4.69) is 16.0 Å². The number of carbonyl (C=O) groups is 1. The van der Waals surface area contributed by atoms with Crippen molar-refractivity contribution in [3.8, 4) is 6.07 Å². The molecule has 0 unspecified atom stereocenters. The average molecular weight is 288 g/mol. The van der Waals surface area contributed by atoms with E-state index in [1.807, 2.05) is 20.0 Å². The van der Waals surface area contributed by atoms with Gasteiger partial charge in [0.2, 0.25) is 5.91 Å². The fraction of sp³-hybridized carbons (Fsp3) is 0.600. The molecule has 112 valence electrons. The molecule has 1 aromatic rings. The highest BCUT2D eigenvalue weighted by molar-refractivity contribution is 5.78. The van der Waals surface area contributed by atoms with Crippen molar-refractivity contribution in [1.29, 1.82) is 5.26 Å². The molecule has 0 aromatic carbocycles. The zero-order valence-electron chi connectivity index (χ0n) is 12.5. The number of nitrogens with one attached hydrogen (secondary N) is 1. The summed E-state index contributed by atoms with van der Waals surface area (Å²) in [7, 11) is 1.84. The van der Waals surface area contributed by atoms with Gasteiger partial charge in [0.25, 0.3) is 0 Å². The van der Waals surface area contributed by atoms with E-state index in [4.69, 9.17) is 10.00 Å². The predicted octanol–water partition coefficient (Wildman–Crippen LogP) is 0.628. The van der Waals surface area contributed by atoms with Crippen LogP contribution < -0.4 is 0 Å². The molecule has 3 heterocycles. The number of H-pyrrole nitrogens is 1. The topological polar surface area (TPSA) is 72.4 Å². The SMILES string of the molecule is Cc1[nH]c(CN2CC[C@@]3(C2)CN(C)C(=O)CO3)cc1C#N. The van der Waals surface area contributed by atoms with Gasteiger partial charge in [-0.1, -0.05) is 0 Å². The summed E-state index contributed by atoms with van der Waals surface area (Å²) in [5, 5.41) is 9.00. The molecule has 6 heteroatoms. The lowest BCUT2D eigenvalue weighted by atomic mass is 10.0. The number of likely N-dealkylation sites (N-methyl/N-ethyl adjacent to an activating group) is 1. The Balaban J connectivity index is 1.64. The number of carbonyl (C=O) groups excluding carboxylic acids is 1. The zero-order chi connectivity index (χ0) is 15.0. The highest BCUT2D eigenvalue weighted by atomic mass is 16.5. The molecule has 0 saturated carbocycles. The predicted molar refractivity (Wildman–Crippen MR) is 76.5 cm³/mol. The summed E-state index contributed by atoms with van der Waals surface area (Å²) in [5.41, 5.74) is 2.46. The van der Waals surface area contributed by atoms with Crippen LogP contribution in [0.3, 0.4) is 0 Å². The Bertz CT molecular complexity index is 603. The average Bonchev–Trinajstić information content (AvgIpc) is 2.99. The Hall–Kier alpha value is -1.84. The highest BCUT2D eigenvalue weighted by Crippen LogP contribution is 2.30. The van der Waals surface area contributed by atoms with Crippen LogP contribution in [0.25, 0.3) is 0 Å². The number of aryl methyl sites for hydroxylation is 1. The van der Waals surface area contributed by atoms with Gasteiger partial charge in [0.1, 0.15) is 18.3 Å². The molecule has 3 rings (SSSR count). The molecule has 0 bridgehead atoms. The normalized spacial score (nSPS) is 26.5. The van der Waals surface area contributed by atoms with Gasteiger partial charge in [-0.05, 0) is 19.4 Å². The molecular weight excluding hydrogens is 268 g/mol. The Morgan fingerprint density at radius 3 is 3.00 bits per heavy atom. The van der Waals surface area contributed by atoms with Crippen molar-refractivity contribution >= 4 is 5.91 Å². The maximum absolute atomic E-state index is 11.5. The molecule has 2 saturated heterocycles. The first-order valence-corrected chi connectivity index (χ1v) is 7.20. The van der Waals surface area contributed by atoms with Crippen LogP contribution in [0.1, 0.15) is 23.4 Å². The molecule has 1 aromatic heterocycles. The van der Waals surface area contributed by atoms with Crippen molar-refractivity contribution in [2.75, 3.05) is 33.3 Å². The molecular formula is C15H20N4O2. The Morgan fingerprint density at radius 1 is 1.52 bits per heavy atom. The number of rotatable bonds is 2. The van der Waals surface area contributed by atoms with Crippen LogP contribution in [0.2, 0.25) is 0 Å².